The predicted octanol–water partition coefficient (Wildman–Crippen LogP) is -3.16. The lowest BCUT2D eigenvalue weighted by Crippen LogP contribution is -2.59. The molecule has 1 fully saturated rings. The van der Waals surface area contributed by atoms with E-state index in [4.69, 9.17) is 0 Å². The molecule has 0 spiro atoms. The first-order valence-corrected chi connectivity index (χ1v) is 9.40. The van der Waals surface area contributed by atoms with Crippen LogP contribution in [-0.2, 0) is 20.0 Å². The SMILES string of the molecule is CNC(=O)NC1C(N[N+](=O)[O-])N(S(C)(=O)=O)CN1S(C)(=O)=O. The minimum Gasteiger partial charge on any atom is -0.341 e. The third kappa shape index (κ3) is 4.15. The van der Waals surface area contributed by atoms with E-state index in [1.165, 1.54) is 7.05 Å². The predicted molar refractivity (Wildman–Crippen MR) is 73.5 cm³/mol. The van der Waals surface area contributed by atoms with Gasteiger partial charge in [0.25, 0.3) is 0 Å². The molecule has 2 atom stereocenters. The topological polar surface area (TPSA) is 171 Å². The van der Waals surface area contributed by atoms with Crippen molar-refractivity contribution in [2.75, 3.05) is 26.2 Å². The molecule has 22 heavy (non-hydrogen) atoms. The van der Waals surface area contributed by atoms with Crippen molar-refractivity contribution in [1.82, 2.24) is 24.7 Å². The van der Waals surface area contributed by atoms with Gasteiger partial charge in [0.05, 0.1) is 19.2 Å². The maximum atomic E-state index is 11.8. The molecule has 0 aromatic heterocycles. The van der Waals surface area contributed by atoms with Gasteiger partial charge in [-0.2, -0.15) is 8.61 Å². The third-order valence-corrected chi connectivity index (χ3v) is 5.18. The molecule has 13 nitrogen and oxygen atoms in total. The molecule has 15 heteroatoms. The number of sulfonamides is 2. The van der Waals surface area contributed by atoms with E-state index in [0.717, 1.165) is 12.5 Å². The van der Waals surface area contributed by atoms with Crippen LogP contribution in [0.1, 0.15) is 0 Å². The molecule has 0 aromatic carbocycles. The summed E-state index contributed by atoms with van der Waals surface area (Å²) in [6.45, 7) is -0.669. The highest BCUT2D eigenvalue weighted by Crippen LogP contribution is 2.23. The van der Waals surface area contributed by atoms with Gasteiger partial charge in [-0.3, -0.25) is 0 Å². The van der Waals surface area contributed by atoms with Gasteiger partial charge in [-0.25, -0.2) is 31.7 Å². The number of hydrazine groups is 1. The lowest BCUT2D eigenvalue weighted by atomic mass is 10.4. The quantitative estimate of drug-likeness (QED) is 0.340. The Morgan fingerprint density at radius 1 is 1.14 bits per heavy atom. The summed E-state index contributed by atoms with van der Waals surface area (Å²) in [4.78, 5) is 22.1. The average Bonchev–Trinajstić information content (AvgIpc) is 2.66. The molecule has 0 radical (unpaired) electrons. The Balaban J connectivity index is 3.31. The zero-order valence-corrected chi connectivity index (χ0v) is 13.5. The number of carbonyl (C=O) groups excluding carboxylic acids is 1. The normalized spacial score (nSPS) is 24.0. The van der Waals surface area contributed by atoms with Gasteiger partial charge in [0.2, 0.25) is 20.0 Å². The lowest BCUT2D eigenvalue weighted by Gasteiger charge is -2.25. The molecule has 1 aliphatic heterocycles. The molecule has 0 aliphatic carbocycles. The second-order valence-electron chi connectivity index (χ2n) is 4.44. The van der Waals surface area contributed by atoms with Gasteiger partial charge >= 0.3 is 6.03 Å². The molecule has 0 aromatic rings. The highest BCUT2D eigenvalue weighted by molar-refractivity contribution is 7.89. The summed E-state index contributed by atoms with van der Waals surface area (Å²) >= 11 is 0. The fraction of sp³-hybridized carbons (Fsp3) is 0.857. The van der Waals surface area contributed by atoms with Crippen LogP contribution in [0.5, 0.6) is 0 Å². The van der Waals surface area contributed by atoms with Gasteiger partial charge in [-0.05, 0) is 0 Å². The molecule has 2 amide bonds. The van der Waals surface area contributed by atoms with E-state index in [-0.39, 0.29) is 0 Å². The standard InChI is InChI=1S/C7H16N6O7S2/c1-8-7(14)9-5-6(10-13(15)16)12(22(3,19)20)4-11(5)21(2,17)18/h5-6,10H,4H2,1-3H3,(H2,8,9,14). The second kappa shape index (κ2) is 6.19. The molecule has 1 saturated heterocycles. The van der Waals surface area contributed by atoms with Gasteiger partial charge < -0.3 is 10.6 Å². The van der Waals surface area contributed by atoms with Crippen LogP contribution in [0.3, 0.4) is 0 Å². The molecule has 0 bridgehead atoms. The van der Waals surface area contributed by atoms with Crippen molar-refractivity contribution < 1.29 is 26.7 Å². The highest BCUT2D eigenvalue weighted by Gasteiger charge is 2.51. The summed E-state index contributed by atoms with van der Waals surface area (Å²) in [5.74, 6) is 0. The molecule has 128 valence electrons. The number of hydrogen-bond donors (Lipinski definition) is 3. The van der Waals surface area contributed by atoms with Crippen LogP contribution in [0.2, 0.25) is 0 Å². The number of amides is 2. The average molecular weight is 360 g/mol. The van der Waals surface area contributed by atoms with Crippen molar-refractivity contribution in [3.8, 4) is 0 Å². The van der Waals surface area contributed by atoms with Crippen LogP contribution in [0, 0.1) is 10.1 Å². The Morgan fingerprint density at radius 3 is 1.95 bits per heavy atom. The third-order valence-electron chi connectivity index (χ3n) is 2.79. The Morgan fingerprint density at radius 2 is 1.59 bits per heavy atom. The minimum absolute atomic E-state index is 0.567. The molecule has 1 heterocycles. The van der Waals surface area contributed by atoms with Crippen LogP contribution in [-0.4, -0.2) is 75.1 Å². The van der Waals surface area contributed by atoms with Crippen LogP contribution < -0.4 is 16.1 Å². The molecular weight excluding hydrogens is 344 g/mol. The summed E-state index contributed by atoms with van der Waals surface area (Å²) < 4.78 is 48.1. The van der Waals surface area contributed by atoms with Gasteiger partial charge in [0.1, 0.15) is 6.17 Å². The van der Waals surface area contributed by atoms with E-state index in [0.29, 0.717) is 8.61 Å². The number of urea groups is 1. The van der Waals surface area contributed by atoms with Crippen molar-refractivity contribution in [3.63, 3.8) is 0 Å². The zero-order chi connectivity index (χ0) is 17.3. The largest absolute Gasteiger partial charge is 0.341 e. The van der Waals surface area contributed by atoms with Crippen LogP contribution in [0.4, 0.5) is 4.79 Å². The van der Waals surface area contributed by atoms with Crippen molar-refractivity contribution >= 4 is 26.1 Å². The zero-order valence-electron chi connectivity index (χ0n) is 11.9. The van der Waals surface area contributed by atoms with E-state index in [2.05, 4.69) is 10.6 Å². The van der Waals surface area contributed by atoms with Crippen molar-refractivity contribution in [2.45, 2.75) is 12.3 Å². The highest BCUT2D eigenvalue weighted by atomic mass is 32.2. The minimum atomic E-state index is -3.98. The maximum absolute atomic E-state index is 11.8. The Bertz CT molecular complexity index is 661. The first-order chi connectivity index (χ1) is 9.87. The number of nitro groups is 1. The summed E-state index contributed by atoms with van der Waals surface area (Å²) in [6, 6.07) is -0.829. The number of nitrogens with zero attached hydrogens (tertiary/aromatic N) is 3. The summed E-state index contributed by atoms with van der Waals surface area (Å²) in [5, 5.41) is 14.0. The molecule has 1 aliphatic rings. The van der Waals surface area contributed by atoms with E-state index in [1.807, 2.05) is 0 Å². The Kier molecular flexibility index (Phi) is 5.16. The van der Waals surface area contributed by atoms with Gasteiger partial charge in [0.15, 0.2) is 11.2 Å². The van der Waals surface area contributed by atoms with Crippen LogP contribution >= 0.6 is 0 Å². The number of carbonyl (C=O) groups is 1. The molecule has 0 saturated carbocycles. The fourth-order valence-corrected chi connectivity index (χ4v) is 3.75. The van der Waals surface area contributed by atoms with Gasteiger partial charge in [0, 0.05) is 7.05 Å². The lowest BCUT2D eigenvalue weighted by molar-refractivity contribution is -0.554. The molecule has 3 N–H and O–H groups in total. The summed E-state index contributed by atoms with van der Waals surface area (Å²) in [7, 11) is -6.67. The Hall–Kier alpha value is -1.71. The first-order valence-electron chi connectivity index (χ1n) is 5.70. The van der Waals surface area contributed by atoms with E-state index >= 15 is 0 Å². The monoisotopic (exact) mass is 360 g/mol. The Labute approximate surface area is 126 Å². The van der Waals surface area contributed by atoms with Crippen molar-refractivity contribution in [3.05, 3.63) is 10.1 Å². The number of nitrogens with one attached hydrogen (secondary N) is 3. The summed E-state index contributed by atoms with van der Waals surface area (Å²) in [5.41, 5.74) is 1.70. The summed E-state index contributed by atoms with van der Waals surface area (Å²) in [6.07, 6.45) is -1.53. The molecule has 1 rings (SSSR count). The van der Waals surface area contributed by atoms with E-state index < -0.39 is 50.1 Å². The van der Waals surface area contributed by atoms with Crippen LogP contribution in [0.25, 0.3) is 0 Å². The smallest absolute Gasteiger partial charge is 0.315 e. The van der Waals surface area contributed by atoms with Gasteiger partial charge in [-0.1, -0.05) is 0 Å². The maximum Gasteiger partial charge on any atom is 0.315 e. The number of rotatable bonds is 5. The van der Waals surface area contributed by atoms with Crippen molar-refractivity contribution in [2.24, 2.45) is 0 Å². The van der Waals surface area contributed by atoms with Crippen molar-refractivity contribution in [1.29, 1.82) is 0 Å². The first kappa shape index (κ1) is 18.3. The van der Waals surface area contributed by atoms with Crippen LogP contribution in [0.15, 0.2) is 0 Å². The fourth-order valence-electron chi connectivity index (χ4n) is 1.85. The second-order valence-corrected chi connectivity index (χ2v) is 8.31. The number of hydrogen-bond acceptors (Lipinski definition) is 7. The van der Waals surface area contributed by atoms with E-state index in [1.54, 1.807) is 5.43 Å². The van der Waals surface area contributed by atoms with E-state index in [9.17, 15) is 31.7 Å². The molecule has 2 unspecified atom stereocenters. The molecular formula is C7H16N6O7S2. The van der Waals surface area contributed by atoms with Gasteiger partial charge in [-0.15, -0.1) is 5.43 Å².